The van der Waals surface area contributed by atoms with Gasteiger partial charge in [0.25, 0.3) is 0 Å². The average molecular weight is 349 g/mol. The van der Waals surface area contributed by atoms with Gasteiger partial charge in [-0.25, -0.2) is 4.79 Å². The Kier molecular flexibility index (Phi) is 7.78. The van der Waals surface area contributed by atoms with E-state index in [0.717, 1.165) is 12.5 Å². The Bertz CT molecular complexity index is 342. The lowest BCUT2D eigenvalue weighted by atomic mass is 10.3. The van der Waals surface area contributed by atoms with Crippen molar-refractivity contribution in [2.45, 2.75) is 71.3 Å². The largest absolute Gasteiger partial charge is 0.460 e. The highest BCUT2D eigenvalue weighted by Gasteiger charge is 2.40. The molecule has 0 amide bonds. The predicted molar refractivity (Wildman–Crippen MR) is 95.7 cm³/mol. The molecule has 0 bridgehead atoms. The molecule has 0 aliphatic carbocycles. The monoisotopic (exact) mass is 348 g/mol. The maximum absolute atomic E-state index is 11.2. The molecule has 21 heavy (non-hydrogen) atoms. The lowest BCUT2D eigenvalue weighted by molar-refractivity contribution is -0.142. The Hall–Kier alpha value is -0.219. The number of hydrogen-bond acceptors (Lipinski definition) is 4. The fourth-order valence-corrected chi connectivity index (χ4v) is 14.8. The number of rotatable bonds is 9. The van der Waals surface area contributed by atoms with Gasteiger partial charge in [-0.15, -0.1) is 0 Å². The van der Waals surface area contributed by atoms with E-state index >= 15 is 0 Å². The van der Waals surface area contributed by atoms with Crippen LogP contribution in [-0.4, -0.2) is 37.3 Å². The Labute approximate surface area is 133 Å². The summed E-state index contributed by atoms with van der Waals surface area (Å²) in [5, 5.41) is 0. The minimum Gasteiger partial charge on any atom is -0.460 e. The standard InChI is InChI=1S/C14H32O4Si3/c1-10-14(15)16-13(2)11-12-21(9,17-19(3,4)5)18-20(6,7)8/h10,13H,1,11-12H2,2-9H3. The van der Waals surface area contributed by atoms with E-state index < -0.39 is 25.2 Å². The first-order valence-electron chi connectivity index (χ1n) is 7.50. The first-order chi connectivity index (χ1) is 9.26. The zero-order chi connectivity index (χ0) is 16.9. The Balaban J connectivity index is 4.75. The lowest BCUT2D eigenvalue weighted by Gasteiger charge is -2.38. The van der Waals surface area contributed by atoms with Crippen molar-refractivity contribution in [3.63, 3.8) is 0 Å². The van der Waals surface area contributed by atoms with Crippen LogP contribution in [0.15, 0.2) is 12.7 Å². The van der Waals surface area contributed by atoms with E-state index in [4.69, 9.17) is 13.0 Å². The summed E-state index contributed by atoms with van der Waals surface area (Å²) in [6.07, 6.45) is 1.82. The van der Waals surface area contributed by atoms with Crippen LogP contribution in [0.4, 0.5) is 0 Å². The number of carbonyl (C=O) groups excluding carboxylic acids is 1. The van der Waals surface area contributed by atoms with Gasteiger partial charge in [0.05, 0.1) is 6.10 Å². The third-order valence-corrected chi connectivity index (χ3v) is 12.1. The van der Waals surface area contributed by atoms with Crippen molar-refractivity contribution in [2.24, 2.45) is 0 Å². The molecule has 7 heteroatoms. The molecule has 0 N–H and O–H groups in total. The van der Waals surface area contributed by atoms with Crippen molar-refractivity contribution in [1.82, 2.24) is 0 Å². The second-order valence-electron chi connectivity index (χ2n) is 7.55. The van der Waals surface area contributed by atoms with E-state index in [2.05, 4.69) is 52.4 Å². The van der Waals surface area contributed by atoms with Crippen LogP contribution in [0.25, 0.3) is 0 Å². The minimum absolute atomic E-state index is 0.141. The first-order valence-corrected chi connectivity index (χ1v) is 16.8. The Morgan fingerprint density at radius 3 is 1.81 bits per heavy atom. The predicted octanol–water partition coefficient (Wildman–Crippen LogP) is 4.27. The Morgan fingerprint density at radius 1 is 1.05 bits per heavy atom. The van der Waals surface area contributed by atoms with Crippen molar-refractivity contribution in [2.75, 3.05) is 0 Å². The molecule has 0 saturated heterocycles. The van der Waals surface area contributed by atoms with Gasteiger partial charge in [0.1, 0.15) is 0 Å². The smallest absolute Gasteiger partial charge is 0.330 e. The second-order valence-corrected chi connectivity index (χ2v) is 20.4. The summed E-state index contributed by atoms with van der Waals surface area (Å²) >= 11 is 0. The molecule has 0 saturated carbocycles. The molecule has 0 aromatic rings. The molecule has 0 aromatic carbocycles. The highest BCUT2D eigenvalue weighted by molar-refractivity contribution is 6.87. The van der Waals surface area contributed by atoms with Crippen LogP contribution in [0.3, 0.4) is 0 Å². The summed E-state index contributed by atoms with van der Waals surface area (Å²) in [5.74, 6) is -0.372. The van der Waals surface area contributed by atoms with E-state index in [1.807, 2.05) is 6.92 Å². The molecule has 124 valence electrons. The summed E-state index contributed by atoms with van der Waals surface area (Å²) in [6.45, 7) is 20.6. The van der Waals surface area contributed by atoms with Gasteiger partial charge in [-0.05, 0) is 65.2 Å². The zero-order valence-electron chi connectivity index (χ0n) is 14.9. The van der Waals surface area contributed by atoms with Crippen molar-refractivity contribution in [3.8, 4) is 0 Å². The van der Waals surface area contributed by atoms with Gasteiger partial charge >= 0.3 is 14.5 Å². The molecule has 0 radical (unpaired) electrons. The fourth-order valence-electron chi connectivity index (χ4n) is 2.19. The number of ether oxygens (including phenoxy) is 1. The molecule has 0 aromatic heterocycles. The zero-order valence-corrected chi connectivity index (χ0v) is 17.9. The number of hydrogen-bond donors (Lipinski definition) is 0. The second kappa shape index (κ2) is 7.87. The van der Waals surface area contributed by atoms with Crippen LogP contribution in [0.2, 0.25) is 51.9 Å². The molecule has 1 atom stereocenters. The van der Waals surface area contributed by atoms with Gasteiger partial charge in [0.2, 0.25) is 0 Å². The van der Waals surface area contributed by atoms with Crippen LogP contribution in [0.5, 0.6) is 0 Å². The van der Waals surface area contributed by atoms with Crippen LogP contribution in [-0.2, 0) is 17.8 Å². The average Bonchev–Trinajstić information content (AvgIpc) is 2.21. The molecule has 0 heterocycles. The molecule has 4 nitrogen and oxygen atoms in total. The van der Waals surface area contributed by atoms with Gasteiger partial charge in [-0.1, -0.05) is 6.58 Å². The van der Waals surface area contributed by atoms with Crippen molar-refractivity contribution in [1.29, 1.82) is 0 Å². The topological polar surface area (TPSA) is 44.8 Å². The quantitative estimate of drug-likeness (QED) is 0.354. The van der Waals surface area contributed by atoms with Crippen LogP contribution >= 0.6 is 0 Å². The maximum atomic E-state index is 11.2. The van der Waals surface area contributed by atoms with Gasteiger partial charge in [0.15, 0.2) is 16.6 Å². The SMILES string of the molecule is C=CC(=O)OC(C)CC[Si](C)(O[Si](C)(C)C)O[Si](C)(C)C. The van der Waals surface area contributed by atoms with Gasteiger partial charge in [0, 0.05) is 6.08 Å². The summed E-state index contributed by atoms with van der Waals surface area (Å²) in [4.78, 5) is 11.2. The molecular formula is C14H32O4Si3. The van der Waals surface area contributed by atoms with Crippen LogP contribution < -0.4 is 0 Å². The van der Waals surface area contributed by atoms with Crippen molar-refractivity contribution < 1.29 is 17.8 Å². The van der Waals surface area contributed by atoms with E-state index in [1.54, 1.807) is 0 Å². The van der Waals surface area contributed by atoms with E-state index in [1.165, 1.54) is 6.08 Å². The summed E-state index contributed by atoms with van der Waals surface area (Å²) in [5.41, 5.74) is 0. The van der Waals surface area contributed by atoms with Crippen molar-refractivity contribution in [3.05, 3.63) is 12.7 Å². The maximum Gasteiger partial charge on any atom is 0.330 e. The Morgan fingerprint density at radius 2 is 1.48 bits per heavy atom. The van der Waals surface area contributed by atoms with Crippen LogP contribution in [0, 0.1) is 0 Å². The summed E-state index contributed by atoms with van der Waals surface area (Å²) in [6, 6.07) is 0.840. The third kappa shape index (κ3) is 11.1. The number of carbonyl (C=O) groups is 1. The van der Waals surface area contributed by atoms with E-state index in [0.29, 0.717) is 0 Å². The minimum atomic E-state index is -2.24. The van der Waals surface area contributed by atoms with Gasteiger partial charge in [-0.2, -0.15) is 0 Å². The highest BCUT2D eigenvalue weighted by atomic mass is 28.5. The molecule has 0 aliphatic rings. The normalized spacial score (nSPS) is 14.7. The summed E-state index contributed by atoms with van der Waals surface area (Å²) < 4.78 is 18.1. The van der Waals surface area contributed by atoms with Gasteiger partial charge in [-0.3, -0.25) is 0 Å². The first kappa shape index (κ1) is 20.8. The van der Waals surface area contributed by atoms with E-state index in [-0.39, 0.29) is 12.1 Å². The van der Waals surface area contributed by atoms with Crippen LogP contribution in [0.1, 0.15) is 13.3 Å². The van der Waals surface area contributed by atoms with Crippen molar-refractivity contribution >= 4 is 31.2 Å². The molecular weight excluding hydrogens is 316 g/mol. The molecule has 0 rings (SSSR count). The van der Waals surface area contributed by atoms with E-state index in [9.17, 15) is 4.79 Å². The molecule has 0 aliphatic heterocycles. The number of esters is 1. The highest BCUT2D eigenvalue weighted by Crippen LogP contribution is 2.26. The third-order valence-electron chi connectivity index (χ3n) is 2.53. The molecule has 0 spiro atoms. The van der Waals surface area contributed by atoms with Gasteiger partial charge < -0.3 is 13.0 Å². The molecule has 0 fully saturated rings. The summed E-state index contributed by atoms with van der Waals surface area (Å²) in [7, 11) is -5.57. The molecule has 1 unspecified atom stereocenters. The fraction of sp³-hybridized carbons (Fsp3) is 0.786. The lowest BCUT2D eigenvalue weighted by Crippen LogP contribution is -2.52.